The van der Waals surface area contributed by atoms with Gasteiger partial charge in [0.1, 0.15) is 11.9 Å². The molecule has 1 aromatic heterocycles. The molecule has 0 fully saturated rings. The van der Waals surface area contributed by atoms with Gasteiger partial charge in [0.2, 0.25) is 5.91 Å². The quantitative estimate of drug-likeness (QED) is 0.0607. The zero-order valence-electron chi connectivity index (χ0n) is 28.3. The lowest BCUT2D eigenvalue weighted by Crippen LogP contribution is -2.47. The average Bonchev–Trinajstić information content (AvgIpc) is 3.13. The molecular formula is C40H44FN7O2. The summed E-state index contributed by atoms with van der Waals surface area (Å²) in [7, 11) is 0. The highest BCUT2D eigenvalue weighted by Crippen LogP contribution is 2.24. The molecule has 258 valence electrons. The van der Waals surface area contributed by atoms with Crippen LogP contribution < -0.4 is 22.1 Å². The van der Waals surface area contributed by atoms with Gasteiger partial charge in [-0.15, -0.1) is 0 Å². The fraction of sp³-hybridized carbons (Fsp3) is 0.250. The highest BCUT2D eigenvalue weighted by molar-refractivity contribution is 5.97. The predicted molar refractivity (Wildman–Crippen MR) is 197 cm³/mol. The van der Waals surface area contributed by atoms with E-state index in [0.29, 0.717) is 38.0 Å². The van der Waals surface area contributed by atoms with Gasteiger partial charge in [-0.25, -0.2) is 4.39 Å². The van der Waals surface area contributed by atoms with E-state index >= 15 is 0 Å². The number of fused-ring (bicyclic) bond motifs is 1. The number of aromatic nitrogens is 1. The molecule has 50 heavy (non-hydrogen) atoms. The molecule has 9 nitrogen and oxygen atoms in total. The Labute approximate surface area is 292 Å². The molecule has 2 atom stereocenters. The number of guanidine groups is 1. The van der Waals surface area contributed by atoms with Crippen LogP contribution in [0.15, 0.2) is 121 Å². The number of amides is 2. The van der Waals surface area contributed by atoms with Gasteiger partial charge in [-0.05, 0) is 95.6 Å². The van der Waals surface area contributed by atoms with Crippen LogP contribution in [-0.2, 0) is 24.3 Å². The lowest BCUT2D eigenvalue weighted by Gasteiger charge is -2.23. The van der Waals surface area contributed by atoms with E-state index in [1.165, 1.54) is 17.7 Å². The predicted octanol–water partition coefficient (Wildman–Crippen LogP) is 5.65. The number of halogens is 1. The molecule has 0 saturated carbocycles. The Hall–Kier alpha value is -5.61. The minimum absolute atomic E-state index is 0.0201. The second kappa shape index (κ2) is 17.7. The normalized spacial score (nSPS) is 12.3. The Morgan fingerprint density at radius 2 is 1.48 bits per heavy atom. The molecule has 5 rings (SSSR count). The molecule has 10 heteroatoms. The van der Waals surface area contributed by atoms with Crippen molar-refractivity contribution in [1.29, 1.82) is 0 Å². The van der Waals surface area contributed by atoms with Crippen molar-refractivity contribution in [2.75, 3.05) is 13.1 Å². The van der Waals surface area contributed by atoms with Gasteiger partial charge in [0.15, 0.2) is 5.96 Å². The molecule has 2 amide bonds. The lowest BCUT2D eigenvalue weighted by molar-refractivity contribution is -0.123. The number of nitrogens with zero attached hydrogens (tertiary/aromatic N) is 3. The summed E-state index contributed by atoms with van der Waals surface area (Å²) in [4.78, 5) is 37.5. The molecule has 0 spiro atoms. The van der Waals surface area contributed by atoms with Crippen LogP contribution in [-0.4, -0.2) is 46.8 Å². The van der Waals surface area contributed by atoms with Gasteiger partial charge in [0, 0.05) is 44.1 Å². The zero-order chi connectivity index (χ0) is 35.3. The van der Waals surface area contributed by atoms with Gasteiger partial charge in [-0.1, -0.05) is 66.7 Å². The van der Waals surface area contributed by atoms with Crippen LogP contribution in [0.25, 0.3) is 10.8 Å². The van der Waals surface area contributed by atoms with Gasteiger partial charge in [-0.3, -0.25) is 24.5 Å². The third kappa shape index (κ3) is 10.4. The topological polar surface area (TPSA) is 139 Å². The first-order valence-corrected chi connectivity index (χ1v) is 16.8. The molecule has 5 aromatic rings. The maximum atomic E-state index is 13.6. The number of carbonyl (C=O) groups is 2. The number of benzene rings is 4. The number of nitrogens with two attached hydrogens (primary N) is 2. The number of nitrogens with one attached hydrogen (secondary N) is 2. The highest BCUT2D eigenvalue weighted by Gasteiger charge is 2.23. The fourth-order valence-electron chi connectivity index (χ4n) is 5.95. The number of aliphatic imine (C=N–C) groups is 1. The van der Waals surface area contributed by atoms with Crippen LogP contribution in [0.2, 0.25) is 0 Å². The maximum absolute atomic E-state index is 13.6. The van der Waals surface area contributed by atoms with Gasteiger partial charge in [-0.2, -0.15) is 0 Å². The smallest absolute Gasteiger partial charge is 0.251 e. The van der Waals surface area contributed by atoms with Crippen LogP contribution in [0.5, 0.6) is 0 Å². The Kier molecular flexibility index (Phi) is 12.6. The summed E-state index contributed by atoms with van der Waals surface area (Å²) in [5.41, 5.74) is 15.6. The van der Waals surface area contributed by atoms with E-state index in [2.05, 4.69) is 25.5 Å². The van der Waals surface area contributed by atoms with Gasteiger partial charge >= 0.3 is 0 Å². The number of carbonyl (C=O) groups excluding carboxylic acids is 2. The first-order chi connectivity index (χ1) is 24.2. The Morgan fingerprint density at radius 1 is 0.820 bits per heavy atom. The Balaban J connectivity index is 1.25. The van der Waals surface area contributed by atoms with E-state index in [-0.39, 0.29) is 29.6 Å². The molecule has 0 radical (unpaired) electrons. The second-order valence-electron chi connectivity index (χ2n) is 12.4. The van der Waals surface area contributed by atoms with E-state index in [0.717, 1.165) is 40.4 Å². The molecule has 0 saturated heterocycles. The second-order valence-corrected chi connectivity index (χ2v) is 12.4. The number of rotatable bonds is 16. The summed E-state index contributed by atoms with van der Waals surface area (Å²) in [6.07, 6.45) is 5.25. The van der Waals surface area contributed by atoms with E-state index in [9.17, 15) is 14.0 Å². The minimum Gasteiger partial charge on any atom is -0.370 e. The summed E-state index contributed by atoms with van der Waals surface area (Å²) in [5.74, 6) is -0.921. The standard InChI is InChI=1S/C40H44FN7O2/c1-28(35-9-4-7-32-6-2-3-8-36(32)35)46-39(50)37(10-5-22-45-40(42)43)47-38(49)33-15-11-30(12-16-33)26-48(25-21-29-19-23-44-24-20-29)27-31-13-17-34(41)18-14-31/h2-4,6-9,11-20,23-24,28,37H,5,10,21-22,25-27H2,1H3,(H,46,50)(H,47,49)(H4,42,43,45)/t28-,37+/m1/s1. The van der Waals surface area contributed by atoms with Gasteiger partial charge in [0.05, 0.1) is 6.04 Å². The number of hydrogen-bond acceptors (Lipinski definition) is 5. The van der Waals surface area contributed by atoms with Crippen molar-refractivity contribution in [1.82, 2.24) is 20.5 Å². The van der Waals surface area contributed by atoms with Gasteiger partial charge < -0.3 is 22.1 Å². The average molecular weight is 674 g/mol. The van der Waals surface area contributed by atoms with Crippen molar-refractivity contribution in [3.8, 4) is 0 Å². The zero-order valence-corrected chi connectivity index (χ0v) is 28.3. The van der Waals surface area contributed by atoms with Crippen LogP contribution in [0, 0.1) is 5.82 Å². The van der Waals surface area contributed by atoms with Crippen molar-refractivity contribution in [3.05, 3.63) is 149 Å². The maximum Gasteiger partial charge on any atom is 0.251 e. The summed E-state index contributed by atoms with van der Waals surface area (Å²) < 4.78 is 13.6. The summed E-state index contributed by atoms with van der Waals surface area (Å²) >= 11 is 0. The van der Waals surface area contributed by atoms with Crippen molar-refractivity contribution in [2.45, 2.75) is 51.4 Å². The molecule has 1 heterocycles. The van der Waals surface area contributed by atoms with Crippen molar-refractivity contribution < 1.29 is 14.0 Å². The van der Waals surface area contributed by atoms with Gasteiger partial charge in [0.25, 0.3) is 5.91 Å². The Morgan fingerprint density at radius 3 is 2.18 bits per heavy atom. The van der Waals surface area contributed by atoms with Crippen LogP contribution in [0.3, 0.4) is 0 Å². The van der Waals surface area contributed by atoms with Crippen LogP contribution in [0.1, 0.15) is 58.4 Å². The van der Waals surface area contributed by atoms with Crippen molar-refractivity contribution in [2.24, 2.45) is 16.5 Å². The lowest BCUT2D eigenvalue weighted by atomic mass is 9.99. The van der Waals surface area contributed by atoms with Crippen molar-refractivity contribution >= 4 is 28.5 Å². The third-order valence-electron chi connectivity index (χ3n) is 8.62. The van der Waals surface area contributed by atoms with Crippen LogP contribution >= 0.6 is 0 Å². The highest BCUT2D eigenvalue weighted by atomic mass is 19.1. The molecule has 0 aliphatic rings. The van der Waals surface area contributed by atoms with Crippen LogP contribution in [0.4, 0.5) is 4.39 Å². The number of pyridine rings is 1. The molecule has 4 aromatic carbocycles. The summed E-state index contributed by atoms with van der Waals surface area (Å²) in [6.45, 7) is 4.32. The molecule has 6 N–H and O–H groups in total. The summed E-state index contributed by atoms with van der Waals surface area (Å²) in [5, 5.41) is 8.19. The SMILES string of the molecule is C[C@@H](NC(=O)[C@H](CCCN=C(N)N)NC(=O)c1ccc(CN(CCc2ccncc2)Cc2ccc(F)cc2)cc1)c1cccc2ccccc12. The molecule has 0 bridgehead atoms. The van der Waals surface area contributed by atoms with E-state index in [4.69, 9.17) is 11.5 Å². The number of hydrogen-bond donors (Lipinski definition) is 4. The molecule has 0 aliphatic heterocycles. The van der Waals surface area contributed by atoms with Crippen molar-refractivity contribution in [3.63, 3.8) is 0 Å². The van der Waals surface area contributed by atoms with E-state index in [1.807, 2.05) is 73.7 Å². The first-order valence-electron chi connectivity index (χ1n) is 16.8. The largest absolute Gasteiger partial charge is 0.370 e. The molecular weight excluding hydrogens is 629 g/mol. The van der Waals surface area contributed by atoms with E-state index in [1.54, 1.807) is 36.7 Å². The monoisotopic (exact) mass is 673 g/mol. The fourth-order valence-corrected chi connectivity index (χ4v) is 5.95. The summed E-state index contributed by atoms with van der Waals surface area (Å²) in [6, 6.07) is 30.9. The molecule has 0 unspecified atom stereocenters. The molecule has 0 aliphatic carbocycles. The third-order valence-corrected chi connectivity index (χ3v) is 8.62. The van der Waals surface area contributed by atoms with E-state index < -0.39 is 6.04 Å². The minimum atomic E-state index is -0.798. The first kappa shape index (κ1) is 35.7. The Bertz CT molecular complexity index is 1870.